The number of amides is 1. The molecule has 10 heteroatoms. The number of sulfonamides is 1. The van der Waals surface area contributed by atoms with E-state index in [0.717, 1.165) is 0 Å². The zero-order chi connectivity index (χ0) is 18.4. The molecule has 1 aromatic rings. The fourth-order valence-electron chi connectivity index (χ4n) is 3.31. The van der Waals surface area contributed by atoms with Crippen molar-refractivity contribution in [1.82, 2.24) is 14.8 Å². The van der Waals surface area contributed by atoms with Crippen LogP contribution in [0.15, 0.2) is 15.6 Å². The lowest BCUT2D eigenvalue weighted by atomic mass is 9.91. The van der Waals surface area contributed by atoms with Crippen LogP contribution in [0, 0.1) is 12.8 Å². The number of nitrogens with one attached hydrogen (secondary N) is 1. The maximum atomic E-state index is 13.2. The van der Waals surface area contributed by atoms with E-state index in [1.54, 1.807) is 13.0 Å². The summed E-state index contributed by atoms with van der Waals surface area (Å²) in [5.41, 5.74) is 0.680. The number of aliphatic imine (C=N–C) groups is 1. The Morgan fingerprint density at radius 2 is 2.20 bits per heavy atom. The number of aliphatic hydroxyl groups is 1. The molecule has 3 rings (SSSR count). The quantitative estimate of drug-likeness (QED) is 0.767. The average molecular weight is 370 g/mol. The second-order valence-corrected chi connectivity index (χ2v) is 8.57. The van der Waals surface area contributed by atoms with Crippen molar-refractivity contribution in [2.75, 3.05) is 12.4 Å². The largest absolute Gasteiger partial charge is 0.391 e. The molecular formula is C15H22N4O5S. The molecule has 25 heavy (non-hydrogen) atoms. The van der Waals surface area contributed by atoms with Crippen molar-refractivity contribution in [3.8, 4) is 0 Å². The van der Waals surface area contributed by atoms with Gasteiger partial charge in [-0.15, -0.1) is 0 Å². The molecule has 1 amide bonds. The lowest BCUT2D eigenvalue weighted by Gasteiger charge is -2.29. The number of hydrogen-bond donors (Lipinski definition) is 2. The summed E-state index contributed by atoms with van der Waals surface area (Å²) >= 11 is 0. The maximum absolute atomic E-state index is 13.2. The van der Waals surface area contributed by atoms with Crippen LogP contribution >= 0.6 is 0 Å². The number of carbonyl (C=O) groups excluding carboxylic acids is 1. The van der Waals surface area contributed by atoms with E-state index in [-0.39, 0.29) is 36.5 Å². The fraction of sp³-hybridized carbons (Fsp3) is 0.667. The molecule has 0 saturated carbocycles. The molecule has 3 heterocycles. The highest BCUT2D eigenvalue weighted by molar-refractivity contribution is 7.90. The van der Waals surface area contributed by atoms with Crippen LogP contribution in [0.2, 0.25) is 0 Å². The summed E-state index contributed by atoms with van der Waals surface area (Å²) in [5.74, 6) is -0.534. The molecule has 2 N–H and O–H groups in total. The van der Waals surface area contributed by atoms with E-state index < -0.39 is 28.1 Å². The molecule has 1 fully saturated rings. The van der Waals surface area contributed by atoms with E-state index in [2.05, 4.69) is 14.9 Å². The van der Waals surface area contributed by atoms with Gasteiger partial charge < -0.3 is 14.5 Å². The van der Waals surface area contributed by atoms with Gasteiger partial charge in [0.15, 0.2) is 5.88 Å². The third-order valence-corrected chi connectivity index (χ3v) is 5.42. The summed E-state index contributed by atoms with van der Waals surface area (Å²) in [6, 6.07) is 1.13. The summed E-state index contributed by atoms with van der Waals surface area (Å²) in [7, 11) is -3.49. The molecule has 3 atom stereocenters. The minimum absolute atomic E-state index is 0.0551. The van der Waals surface area contributed by atoms with Gasteiger partial charge in [-0.1, -0.05) is 19.0 Å². The first-order valence-electron chi connectivity index (χ1n) is 8.14. The Labute approximate surface area is 146 Å². The summed E-state index contributed by atoms with van der Waals surface area (Å²) in [4.78, 5) is 18.6. The number of nitrogens with zero attached hydrogens (tertiary/aromatic N) is 3. The molecule has 0 bridgehead atoms. The van der Waals surface area contributed by atoms with Crippen molar-refractivity contribution in [2.24, 2.45) is 10.9 Å². The number of β-amino-alcohol motifs (C(OH)–C–C–N with tert-alkyl or cyclic N) is 1. The average Bonchev–Trinajstić information content (AvgIpc) is 3.18. The van der Waals surface area contributed by atoms with Gasteiger partial charge in [0, 0.05) is 19.0 Å². The number of carbonyl (C=O) groups is 1. The van der Waals surface area contributed by atoms with Crippen LogP contribution in [0.3, 0.4) is 0 Å². The molecule has 0 aromatic carbocycles. The van der Waals surface area contributed by atoms with E-state index in [9.17, 15) is 18.3 Å². The van der Waals surface area contributed by atoms with E-state index in [4.69, 9.17) is 4.52 Å². The molecule has 9 nitrogen and oxygen atoms in total. The molecule has 0 spiro atoms. The van der Waals surface area contributed by atoms with Crippen LogP contribution in [0.25, 0.3) is 0 Å². The van der Waals surface area contributed by atoms with Gasteiger partial charge in [0.1, 0.15) is 17.5 Å². The first kappa shape index (κ1) is 17.9. The Balaban J connectivity index is 1.88. The minimum Gasteiger partial charge on any atom is -0.391 e. The number of hydrogen-bond acceptors (Lipinski definition) is 7. The molecular weight excluding hydrogens is 348 g/mol. The van der Waals surface area contributed by atoms with Crippen LogP contribution in [-0.4, -0.2) is 59.9 Å². The van der Waals surface area contributed by atoms with Gasteiger partial charge >= 0.3 is 0 Å². The smallest absolute Gasteiger partial charge is 0.254 e. The van der Waals surface area contributed by atoms with Crippen molar-refractivity contribution >= 4 is 21.8 Å². The third-order valence-electron chi connectivity index (χ3n) is 4.43. The number of aliphatic hydroxyl groups excluding tert-OH is 1. The normalized spacial score (nSPS) is 26.6. The van der Waals surface area contributed by atoms with E-state index in [0.29, 0.717) is 11.5 Å². The number of rotatable bonds is 4. The molecule has 2 aliphatic rings. The monoisotopic (exact) mass is 370 g/mol. The van der Waals surface area contributed by atoms with E-state index >= 15 is 0 Å². The standard InChI is InChI=1S/C15H22N4O5S/c1-8(2)13(12-4-9(3)17-24-12)15(21)19-6-10(20)5-11(19)14-16-7-25(22,23)18-14/h4,8,10-11,13,20H,5-7H2,1-3H3,(H,16,18)/t10-,11+,13?/m1/s1. The van der Waals surface area contributed by atoms with Crippen LogP contribution in [-0.2, 0) is 14.8 Å². The summed E-state index contributed by atoms with van der Waals surface area (Å²) in [6.07, 6.45) is -0.487. The van der Waals surface area contributed by atoms with Crippen molar-refractivity contribution in [3.05, 3.63) is 17.5 Å². The Morgan fingerprint density at radius 1 is 1.48 bits per heavy atom. The zero-order valence-electron chi connectivity index (χ0n) is 14.3. The van der Waals surface area contributed by atoms with E-state index in [1.807, 2.05) is 13.8 Å². The van der Waals surface area contributed by atoms with Crippen molar-refractivity contribution in [1.29, 1.82) is 0 Å². The predicted molar refractivity (Wildman–Crippen MR) is 89.3 cm³/mol. The minimum atomic E-state index is -3.49. The second kappa shape index (κ2) is 6.41. The Kier molecular flexibility index (Phi) is 4.58. The predicted octanol–water partition coefficient (Wildman–Crippen LogP) is -0.0266. The molecule has 1 unspecified atom stereocenters. The SMILES string of the molecule is Cc1cc(C(C(=O)N2C[C@H](O)C[C@H]2C2=NCS(=O)(=O)N2)C(C)C)on1. The van der Waals surface area contributed by atoms with Gasteiger partial charge in [0.2, 0.25) is 5.91 Å². The van der Waals surface area contributed by atoms with Gasteiger partial charge in [0.05, 0.1) is 17.8 Å². The summed E-state index contributed by atoms with van der Waals surface area (Å²) < 4.78 is 30.9. The highest BCUT2D eigenvalue weighted by atomic mass is 32.2. The first-order chi connectivity index (χ1) is 11.7. The van der Waals surface area contributed by atoms with E-state index in [1.165, 1.54) is 4.90 Å². The van der Waals surface area contributed by atoms with Crippen molar-refractivity contribution in [3.63, 3.8) is 0 Å². The van der Waals surface area contributed by atoms with Crippen LogP contribution in [0.1, 0.15) is 37.6 Å². The van der Waals surface area contributed by atoms with Gasteiger partial charge in [-0.3, -0.25) is 14.5 Å². The first-order valence-corrected chi connectivity index (χ1v) is 9.80. The number of aryl methyl sites for hydroxylation is 1. The Morgan fingerprint density at radius 3 is 2.72 bits per heavy atom. The number of amidine groups is 1. The molecule has 0 radical (unpaired) electrons. The van der Waals surface area contributed by atoms with Gasteiger partial charge in [-0.05, 0) is 12.8 Å². The highest BCUT2D eigenvalue weighted by Crippen LogP contribution is 2.31. The molecule has 138 valence electrons. The lowest BCUT2D eigenvalue weighted by Crippen LogP contribution is -2.47. The Hall–Kier alpha value is -1.94. The molecule has 0 aliphatic carbocycles. The van der Waals surface area contributed by atoms with Crippen molar-refractivity contribution < 1.29 is 22.8 Å². The van der Waals surface area contributed by atoms with Crippen molar-refractivity contribution in [2.45, 2.75) is 45.3 Å². The van der Waals surface area contributed by atoms with Gasteiger partial charge in [0.25, 0.3) is 10.0 Å². The Bertz CT molecular complexity index is 801. The van der Waals surface area contributed by atoms with Gasteiger partial charge in [-0.25, -0.2) is 8.42 Å². The third kappa shape index (κ3) is 3.54. The fourth-order valence-corrected chi connectivity index (χ4v) is 4.21. The highest BCUT2D eigenvalue weighted by Gasteiger charge is 2.43. The van der Waals surface area contributed by atoms with Crippen LogP contribution in [0.4, 0.5) is 0 Å². The molecule has 1 saturated heterocycles. The van der Waals surface area contributed by atoms with Crippen LogP contribution < -0.4 is 4.72 Å². The molecule has 1 aromatic heterocycles. The van der Waals surface area contributed by atoms with Crippen LogP contribution in [0.5, 0.6) is 0 Å². The topological polar surface area (TPSA) is 125 Å². The number of likely N-dealkylation sites (tertiary alicyclic amines) is 1. The van der Waals surface area contributed by atoms with Gasteiger partial charge in [-0.2, -0.15) is 0 Å². The number of aromatic nitrogens is 1. The summed E-state index contributed by atoms with van der Waals surface area (Å²) in [5, 5.41) is 13.9. The summed E-state index contributed by atoms with van der Waals surface area (Å²) in [6.45, 7) is 5.70. The maximum Gasteiger partial charge on any atom is 0.254 e. The molecule has 2 aliphatic heterocycles. The lowest BCUT2D eigenvalue weighted by molar-refractivity contribution is -0.134. The second-order valence-electron chi connectivity index (χ2n) is 6.88. The zero-order valence-corrected chi connectivity index (χ0v) is 15.2.